The SMILES string of the molecule is CC1(c2nc(-c3cc(F)ccc3Br)no2)CCNC1. The Morgan fingerprint density at radius 1 is 1.47 bits per heavy atom. The summed E-state index contributed by atoms with van der Waals surface area (Å²) < 4.78 is 19.4. The molecule has 0 spiro atoms. The minimum Gasteiger partial charge on any atom is -0.338 e. The highest BCUT2D eigenvalue weighted by atomic mass is 79.9. The summed E-state index contributed by atoms with van der Waals surface area (Å²) in [6, 6.07) is 4.42. The van der Waals surface area contributed by atoms with Gasteiger partial charge >= 0.3 is 0 Å². The van der Waals surface area contributed by atoms with E-state index in [0.29, 0.717) is 17.3 Å². The van der Waals surface area contributed by atoms with Crippen LogP contribution in [0.5, 0.6) is 0 Å². The van der Waals surface area contributed by atoms with Crippen LogP contribution >= 0.6 is 15.9 Å². The van der Waals surface area contributed by atoms with Crippen molar-refractivity contribution < 1.29 is 8.91 Å². The molecule has 1 aromatic heterocycles. The van der Waals surface area contributed by atoms with E-state index in [-0.39, 0.29) is 11.2 Å². The monoisotopic (exact) mass is 325 g/mol. The van der Waals surface area contributed by atoms with Crippen molar-refractivity contribution in [1.82, 2.24) is 15.5 Å². The molecule has 1 aliphatic rings. The van der Waals surface area contributed by atoms with Crippen molar-refractivity contribution >= 4 is 15.9 Å². The molecule has 2 heterocycles. The first kappa shape index (κ1) is 12.7. The summed E-state index contributed by atoms with van der Waals surface area (Å²) >= 11 is 3.37. The maximum Gasteiger partial charge on any atom is 0.234 e. The van der Waals surface area contributed by atoms with Gasteiger partial charge in [-0.05, 0) is 38.1 Å². The topological polar surface area (TPSA) is 51.0 Å². The van der Waals surface area contributed by atoms with Crippen molar-refractivity contribution in [2.24, 2.45) is 0 Å². The Labute approximate surface area is 118 Å². The van der Waals surface area contributed by atoms with Gasteiger partial charge in [0.05, 0.1) is 5.41 Å². The first-order valence-corrected chi connectivity index (χ1v) is 6.88. The molecular weight excluding hydrogens is 313 g/mol. The molecule has 0 saturated carbocycles. The molecule has 1 saturated heterocycles. The first-order chi connectivity index (χ1) is 9.08. The first-order valence-electron chi connectivity index (χ1n) is 6.09. The van der Waals surface area contributed by atoms with Crippen molar-refractivity contribution in [1.29, 1.82) is 0 Å². The number of halogens is 2. The van der Waals surface area contributed by atoms with E-state index in [2.05, 4.69) is 38.3 Å². The Morgan fingerprint density at radius 3 is 3.05 bits per heavy atom. The normalized spacial score (nSPS) is 22.9. The van der Waals surface area contributed by atoms with E-state index in [9.17, 15) is 4.39 Å². The summed E-state index contributed by atoms with van der Waals surface area (Å²) in [4.78, 5) is 4.42. The zero-order valence-corrected chi connectivity index (χ0v) is 12.0. The second kappa shape index (κ2) is 4.68. The highest BCUT2D eigenvalue weighted by Gasteiger charge is 2.36. The van der Waals surface area contributed by atoms with Crippen molar-refractivity contribution in [2.45, 2.75) is 18.8 Å². The Bertz CT molecular complexity index is 608. The minimum atomic E-state index is -0.321. The quantitative estimate of drug-likeness (QED) is 0.922. The number of rotatable bonds is 2. The maximum atomic E-state index is 13.3. The molecule has 0 amide bonds. The predicted octanol–water partition coefficient (Wildman–Crippen LogP) is 2.89. The van der Waals surface area contributed by atoms with Crippen LogP contribution in [0.15, 0.2) is 27.2 Å². The summed E-state index contributed by atoms with van der Waals surface area (Å²) in [5.74, 6) is 0.691. The van der Waals surface area contributed by atoms with Crippen LogP contribution in [-0.2, 0) is 5.41 Å². The Morgan fingerprint density at radius 2 is 2.32 bits per heavy atom. The van der Waals surface area contributed by atoms with Gasteiger partial charge in [0, 0.05) is 16.6 Å². The third-order valence-electron chi connectivity index (χ3n) is 3.48. The number of hydrogen-bond donors (Lipinski definition) is 1. The standard InChI is InChI=1S/C13H13BrFN3O/c1-13(4-5-16-7-13)12-17-11(18-19-12)9-6-8(15)2-3-10(9)14/h2-3,6,16H,4-5,7H2,1H3. The highest BCUT2D eigenvalue weighted by Crippen LogP contribution is 2.32. The van der Waals surface area contributed by atoms with Crippen molar-refractivity contribution in [3.8, 4) is 11.4 Å². The van der Waals surface area contributed by atoms with E-state index < -0.39 is 0 Å². The van der Waals surface area contributed by atoms with E-state index >= 15 is 0 Å². The smallest absolute Gasteiger partial charge is 0.234 e. The third-order valence-corrected chi connectivity index (χ3v) is 4.17. The molecule has 6 heteroatoms. The Hall–Kier alpha value is -1.27. The van der Waals surface area contributed by atoms with Crippen LogP contribution in [0.1, 0.15) is 19.2 Å². The zero-order chi connectivity index (χ0) is 13.5. The molecule has 1 fully saturated rings. The molecule has 1 atom stereocenters. The van der Waals surface area contributed by atoms with E-state index in [4.69, 9.17) is 4.52 Å². The molecule has 1 N–H and O–H groups in total. The Kier molecular flexibility index (Phi) is 3.14. The van der Waals surface area contributed by atoms with Gasteiger partial charge in [0.1, 0.15) is 5.82 Å². The largest absolute Gasteiger partial charge is 0.338 e. The molecule has 0 bridgehead atoms. The van der Waals surface area contributed by atoms with Gasteiger partial charge in [-0.1, -0.05) is 21.1 Å². The second-order valence-electron chi connectivity index (χ2n) is 5.03. The number of nitrogens with zero attached hydrogens (tertiary/aromatic N) is 2. The van der Waals surface area contributed by atoms with Crippen LogP contribution in [0, 0.1) is 5.82 Å². The van der Waals surface area contributed by atoms with Gasteiger partial charge < -0.3 is 9.84 Å². The average molecular weight is 326 g/mol. The molecule has 4 nitrogen and oxygen atoms in total. The summed E-state index contributed by atoms with van der Waals surface area (Å²) in [6.07, 6.45) is 0.957. The van der Waals surface area contributed by atoms with Crippen molar-refractivity contribution in [3.63, 3.8) is 0 Å². The van der Waals surface area contributed by atoms with Gasteiger partial charge in [-0.3, -0.25) is 0 Å². The lowest BCUT2D eigenvalue weighted by atomic mass is 9.90. The highest BCUT2D eigenvalue weighted by molar-refractivity contribution is 9.10. The number of hydrogen-bond acceptors (Lipinski definition) is 4. The molecule has 1 unspecified atom stereocenters. The number of aromatic nitrogens is 2. The third kappa shape index (κ3) is 2.30. The molecule has 0 aliphatic carbocycles. The molecule has 3 rings (SSSR count). The van der Waals surface area contributed by atoms with E-state index in [1.165, 1.54) is 12.1 Å². The summed E-state index contributed by atoms with van der Waals surface area (Å²) in [7, 11) is 0. The summed E-state index contributed by atoms with van der Waals surface area (Å²) in [6.45, 7) is 3.85. The van der Waals surface area contributed by atoms with Gasteiger partial charge in [-0.2, -0.15) is 4.98 Å². The lowest BCUT2D eigenvalue weighted by Crippen LogP contribution is -2.25. The molecule has 19 heavy (non-hydrogen) atoms. The molecule has 1 aliphatic heterocycles. The molecule has 2 aromatic rings. The van der Waals surface area contributed by atoms with Gasteiger partial charge in [0.15, 0.2) is 0 Å². The van der Waals surface area contributed by atoms with Gasteiger partial charge in [-0.15, -0.1) is 0 Å². The van der Waals surface area contributed by atoms with Crippen molar-refractivity contribution in [2.75, 3.05) is 13.1 Å². The second-order valence-corrected chi connectivity index (χ2v) is 5.89. The zero-order valence-electron chi connectivity index (χ0n) is 10.4. The van der Waals surface area contributed by atoms with Crippen LogP contribution in [0.2, 0.25) is 0 Å². The van der Waals surface area contributed by atoms with E-state index in [1.807, 2.05) is 0 Å². The van der Waals surface area contributed by atoms with E-state index in [1.54, 1.807) is 6.07 Å². The fraction of sp³-hybridized carbons (Fsp3) is 0.385. The average Bonchev–Trinajstić information content (AvgIpc) is 3.02. The van der Waals surface area contributed by atoms with E-state index in [0.717, 1.165) is 24.0 Å². The van der Waals surface area contributed by atoms with Crippen LogP contribution in [-0.4, -0.2) is 23.2 Å². The molecule has 0 radical (unpaired) electrons. The molecule has 100 valence electrons. The van der Waals surface area contributed by atoms with Crippen LogP contribution < -0.4 is 5.32 Å². The molecule has 1 aromatic carbocycles. The number of benzene rings is 1. The lowest BCUT2D eigenvalue weighted by Gasteiger charge is -2.15. The fourth-order valence-corrected chi connectivity index (χ4v) is 2.67. The molecular formula is C13H13BrFN3O. The fourth-order valence-electron chi connectivity index (χ4n) is 2.25. The van der Waals surface area contributed by atoms with Gasteiger partial charge in [0.2, 0.25) is 11.7 Å². The summed E-state index contributed by atoms with van der Waals surface area (Å²) in [5.41, 5.74) is 0.468. The van der Waals surface area contributed by atoms with Gasteiger partial charge in [0.25, 0.3) is 0 Å². The minimum absolute atomic E-state index is 0.134. The van der Waals surface area contributed by atoms with Gasteiger partial charge in [-0.25, -0.2) is 4.39 Å². The van der Waals surface area contributed by atoms with Crippen LogP contribution in [0.4, 0.5) is 4.39 Å². The van der Waals surface area contributed by atoms with Crippen LogP contribution in [0.25, 0.3) is 11.4 Å². The van der Waals surface area contributed by atoms with Crippen LogP contribution in [0.3, 0.4) is 0 Å². The number of nitrogens with one attached hydrogen (secondary N) is 1. The maximum absolute atomic E-state index is 13.3. The Balaban J connectivity index is 1.99. The van der Waals surface area contributed by atoms with Crippen molar-refractivity contribution in [3.05, 3.63) is 34.4 Å². The summed E-state index contributed by atoms with van der Waals surface area (Å²) in [5, 5.41) is 7.25. The predicted molar refractivity (Wildman–Crippen MR) is 72.2 cm³/mol. The lowest BCUT2D eigenvalue weighted by molar-refractivity contribution is 0.306.